The van der Waals surface area contributed by atoms with Gasteiger partial charge in [-0.25, -0.2) is 0 Å². The molecule has 0 saturated carbocycles. The smallest absolute Gasteiger partial charge is 0.215 e. The third-order valence-electron chi connectivity index (χ3n) is 1.48. The van der Waals surface area contributed by atoms with Crippen molar-refractivity contribution in [2.75, 3.05) is 19.8 Å². The molecule has 0 bridgehead atoms. The molecule has 4 nitrogen and oxygen atoms in total. The Labute approximate surface area is 59.4 Å². The molecule has 1 rings (SSSR count). The van der Waals surface area contributed by atoms with Gasteiger partial charge in [0, 0.05) is 0 Å². The van der Waals surface area contributed by atoms with Gasteiger partial charge in [0.05, 0.1) is 25.9 Å². The molecular formula is C6H12O4. The molecule has 60 valence electrons. The predicted octanol–water partition coefficient (Wildman–Crippen LogP) is -0.897. The zero-order valence-electron chi connectivity index (χ0n) is 5.91. The molecular weight excluding hydrogens is 136 g/mol. The van der Waals surface area contributed by atoms with Crippen LogP contribution in [-0.2, 0) is 9.47 Å². The van der Waals surface area contributed by atoms with E-state index in [-0.39, 0.29) is 19.3 Å². The van der Waals surface area contributed by atoms with E-state index in [4.69, 9.17) is 19.7 Å². The van der Waals surface area contributed by atoms with Crippen LogP contribution < -0.4 is 0 Å². The molecule has 0 aromatic rings. The van der Waals surface area contributed by atoms with Gasteiger partial charge in [0.15, 0.2) is 0 Å². The summed E-state index contributed by atoms with van der Waals surface area (Å²) in [5.74, 6) is -1.14. The molecule has 2 N–H and O–H groups in total. The third-order valence-corrected chi connectivity index (χ3v) is 1.48. The maximum atomic E-state index is 8.72. The van der Waals surface area contributed by atoms with Crippen molar-refractivity contribution in [3.05, 3.63) is 0 Å². The fourth-order valence-electron chi connectivity index (χ4n) is 0.920. The van der Waals surface area contributed by atoms with E-state index >= 15 is 0 Å². The van der Waals surface area contributed by atoms with Gasteiger partial charge in [-0.3, -0.25) is 0 Å². The molecule has 0 aromatic heterocycles. The highest BCUT2D eigenvalue weighted by molar-refractivity contribution is 4.75. The van der Waals surface area contributed by atoms with Gasteiger partial charge < -0.3 is 19.7 Å². The van der Waals surface area contributed by atoms with Gasteiger partial charge in [0.1, 0.15) is 0 Å². The molecule has 0 radical (unpaired) electrons. The quantitative estimate of drug-likeness (QED) is 0.533. The molecule has 1 atom stereocenters. The minimum atomic E-state index is -1.14. The van der Waals surface area contributed by atoms with E-state index in [1.807, 2.05) is 6.92 Å². The van der Waals surface area contributed by atoms with Crippen LogP contribution >= 0.6 is 0 Å². The number of aliphatic hydroxyl groups excluding tert-OH is 2. The molecule has 1 saturated heterocycles. The van der Waals surface area contributed by atoms with Crippen molar-refractivity contribution in [1.82, 2.24) is 0 Å². The molecule has 0 aromatic carbocycles. The summed E-state index contributed by atoms with van der Waals surface area (Å²) in [6, 6.07) is 0. The molecule has 1 heterocycles. The molecule has 10 heavy (non-hydrogen) atoms. The predicted molar refractivity (Wildman–Crippen MR) is 33.4 cm³/mol. The van der Waals surface area contributed by atoms with Crippen molar-refractivity contribution >= 4 is 0 Å². The number of hydrogen-bond acceptors (Lipinski definition) is 4. The second kappa shape index (κ2) is 2.84. The Kier molecular flexibility index (Phi) is 2.25. The Balaban J connectivity index is 2.51. The largest absolute Gasteiger partial charge is 0.391 e. The first-order valence-electron chi connectivity index (χ1n) is 3.26. The lowest BCUT2D eigenvalue weighted by Crippen LogP contribution is -2.39. The Morgan fingerprint density at radius 2 is 2.10 bits per heavy atom. The topological polar surface area (TPSA) is 58.9 Å². The minimum Gasteiger partial charge on any atom is -0.391 e. The van der Waals surface area contributed by atoms with Crippen LogP contribution in [0.2, 0.25) is 0 Å². The van der Waals surface area contributed by atoms with Gasteiger partial charge in [-0.2, -0.15) is 0 Å². The second-order valence-corrected chi connectivity index (χ2v) is 2.47. The Morgan fingerprint density at radius 3 is 2.30 bits per heavy atom. The zero-order valence-corrected chi connectivity index (χ0v) is 5.91. The normalized spacial score (nSPS) is 30.9. The van der Waals surface area contributed by atoms with E-state index in [0.29, 0.717) is 6.61 Å². The molecule has 1 aliphatic heterocycles. The highest BCUT2D eigenvalue weighted by Gasteiger charge is 2.38. The summed E-state index contributed by atoms with van der Waals surface area (Å²) in [6.07, 6.45) is -0.0423. The number of hydrogen-bond donors (Lipinski definition) is 2. The van der Waals surface area contributed by atoms with Gasteiger partial charge in [-0.05, 0) is 6.92 Å². The molecule has 0 amide bonds. The van der Waals surface area contributed by atoms with Gasteiger partial charge in [0.2, 0.25) is 5.79 Å². The van der Waals surface area contributed by atoms with Crippen molar-refractivity contribution in [3.63, 3.8) is 0 Å². The average molecular weight is 148 g/mol. The van der Waals surface area contributed by atoms with Crippen LogP contribution in [0.1, 0.15) is 6.92 Å². The van der Waals surface area contributed by atoms with Crippen LogP contribution in [0, 0.1) is 0 Å². The molecule has 0 spiro atoms. The number of ether oxygens (including phenoxy) is 2. The third kappa shape index (κ3) is 1.29. The van der Waals surface area contributed by atoms with Crippen molar-refractivity contribution in [2.24, 2.45) is 0 Å². The van der Waals surface area contributed by atoms with E-state index in [0.717, 1.165) is 0 Å². The maximum absolute atomic E-state index is 8.72. The Morgan fingerprint density at radius 1 is 1.50 bits per heavy atom. The summed E-state index contributed by atoms with van der Waals surface area (Å²) in [7, 11) is 0. The maximum Gasteiger partial charge on any atom is 0.215 e. The Hall–Kier alpha value is -0.160. The summed E-state index contributed by atoms with van der Waals surface area (Å²) < 4.78 is 10.2. The van der Waals surface area contributed by atoms with Crippen molar-refractivity contribution in [2.45, 2.75) is 18.8 Å². The molecule has 1 unspecified atom stereocenters. The van der Waals surface area contributed by atoms with Crippen LogP contribution in [0.5, 0.6) is 0 Å². The number of aliphatic hydroxyl groups is 2. The average Bonchev–Trinajstić information content (AvgIpc) is 2.33. The molecule has 1 fully saturated rings. The van der Waals surface area contributed by atoms with Crippen LogP contribution in [0.4, 0.5) is 0 Å². The van der Waals surface area contributed by atoms with E-state index < -0.39 is 5.79 Å². The van der Waals surface area contributed by atoms with Gasteiger partial charge in [-0.1, -0.05) is 0 Å². The fourth-order valence-corrected chi connectivity index (χ4v) is 0.920. The number of rotatable bonds is 2. The van der Waals surface area contributed by atoms with Crippen LogP contribution in [0.25, 0.3) is 0 Å². The monoisotopic (exact) mass is 148 g/mol. The van der Waals surface area contributed by atoms with E-state index in [1.54, 1.807) is 0 Å². The first kappa shape index (κ1) is 7.94. The highest BCUT2D eigenvalue weighted by Crippen LogP contribution is 2.21. The van der Waals surface area contributed by atoms with Crippen molar-refractivity contribution in [1.29, 1.82) is 0 Å². The summed E-state index contributed by atoms with van der Waals surface area (Å²) in [5.41, 5.74) is 0. The first-order chi connectivity index (χ1) is 4.72. The van der Waals surface area contributed by atoms with Gasteiger partial charge in [-0.15, -0.1) is 0 Å². The summed E-state index contributed by atoms with van der Waals surface area (Å²) >= 11 is 0. The first-order valence-corrected chi connectivity index (χ1v) is 3.26. The SMILES string of the molecule is CC1COC(CO)(CO)O1. The van der Waals surface area contributed by atoms with Crippen molar-refractivity contribution in [3.8, 4) is 0 Å². The molecule has 1 aliphatic rings. The van der Waals surface area contributed by atoms with E-state index in [1.165, 1.54) is 0 Å². The minimum absolute atomic E-state index is 0.0423. The van der Waals surface area contributed by atoms with Crippen LogP contribution in [0.3, 0.4) is 0 Å². The Bertz CT molecular complexity index is 110. The zero-order chi connectivity index (χ0) is 7.61. The molecule has 0 aliphatic carbocycles. The summed E-state index contributed by atoms with van der Waals surface area (Å²) in [6.45, 7) is 1.66. The lowest BCUT2D eigenvalue weighted by Gasteiger charge is -2.21. The fraction of sp³-hybridized carbons (Fsp3) is 1.00. The van der Waals surface area contributed by atoms with Gasteiger partial charge >= 0.3 is 0 Å². The molecule has 4 heteroatoms. The summed E-state index contributed by atoms with van der Waals surface area (Å²) in [5, 5.41) is 17.4. The van der Waals surface area contributed by atoms with Crippen molar-refractivity contribution < 1.29 is 19.7 Å². The lowest BCUT2D eigenvalue weighted by molar-refractivity contribution is -0.211. The highest BCUT2D eigenvalue weighted by atomic mass is 16.8. The second-order valence-electron chi connectivity index (χ2n) is 2.47. The van der Waals surface area contributed by atoms with Crippen LogP contribution in [0.15, 0.2) is 0 Å². The van der Waals surface area contributed by atoms with E-state index in [2.05, 4.69) is 0 Å². The standard InChI is InChI=1S/C6H12O4/c1-5-2-9-6(3-7,4-8)10-5/h5,7-8H,2-4H2,1H3. The van der Waals surface area contributed by atoms with Crippen LogP contribution in [-0.4, -0.2) is 41.9 Å². The van der Waals surface area contributed by atoms with E-state index in [9.17, 15) is 0 Å². The lowest BCUT2D eigenvalue weighted by atomic mass is 10.3. The summed E-state index contributed by atoms with van der Waals surface area (Å²) in [4.78, 5) is 0. The van der Waals surface area contributed by atoms with Gasteiger partial charge in [0.25, 0.3) is 0 Å².